The zero-order valence-electron chi connectivity index (χ0n) is 9.27. The van der Waals surface area contributed by atoms with Crippen molar-refractivity contribution in [3.05, 3.63) is 35.9 Å². The molecule has 0 aliphatic carbocycles. The van der Waals surface area contributed by atoms with Crippen molar-refractivity contribution >= 4 is 0 Å². The summed E-state index contributed by atoms with van der Waals surface area (Å²) in [5.41, 5.74) is 6.87. The Morgan fingerprint density at radius 2 is 1.88 bits per heavy atom. The molecule has 0 aliphatic rings. The average molecular weight is 229 g/mol. The predicted octanol–water partition coefficient (Wildman–Crippen LogP) is 2.75. The molecule has 1 aromatic carbocycles. The second-order valence-corrected chi connectivity index (χ2v) is 3.61. The van der Waals surface area contributed by atoms with Crippen LogP contribution >= 0.6 is 0 Å². The third-order valence-electron chi connectivity index (χ3n) is 2.42. The van der Waals surface area contributed by atoms with Gasteiger partial charge in [0.15, 0.2) is 0 Å². The number of ether oxygens (including phenoxy) is 1. The topological polar surface area (TPSA) is 35.2 Å². The maximum Gasteiger partial charge on any atom is 0.261 e. The van der Waals surface area contributed by atoms with Gasteiger partial charge in [-0.25, -0.2) is 8.78 Å². The van der Waals surface area contributed by atoms with Crippen LogP contribution in [0.1, 0.15) is 24.9 Å². The second-order valence-electron chi connectivity index (χ2n) is 3.61. The van der Waals surface area contributed by atoms with Crippen LogP contribution in [0.4, 0.5) is 8.78 Å². The lowest BCUT2D eigenvalue weighted by Gasteiger charge is -2.23. The fourth-order valence-corrected chi connectivity index (χ4v) is 1.56. The second kappa shape index (κ2) is 6.55. The average Bonchev–Trinajstić information content (AvgIpc) is 2.30. The number of hydrogen-bond acceptors (Lipinski definition) is 2. The van der Waals surface area contributed by atoms with Crippen molar-refractivity contribution in [2.24, 2.45) is 5.73 Å². The highest BCUT2D eigenvalue weighted by Crippen LogP contribution is 2.19. The molecule has 1 rings (SSSR count). The van der Waals surface area contributed by atoms with Crippen molar-refractivity contribution < 1.29 is 13.5 Å². The minimum absolute atomic E-state index is 0.357. The van der Waals surface area contributed by atoms with Crippen molar-refractivity contribution in [1.82, 2.24) is 0 Å². The molecule has 2 nitrogen and oxygen atoms in total. The van der Waals surface area contributed by atoms with Crippen molar-refractivity contribution in [3.63, 3.8) is 0 Å². The number of halogens is 2. The lowest BCUT2D eigenvalue weighted by atomic mass is 10.0. The van der Waals surface area contributed by atoms with E-state index in [1.807, 2.05) is 37.3 Å². The molecular weight excluding hydrogens is 212 g/mol. The molecule has 0 saturated carbocycles. The van der Waals surface area contributed by atoms with E-state index in [1.54, 1.807) is 0 Å². The summed E-state index contributed by atoms with van der Waals surface area (Å²) in [5, 5.41) is 0. The molecule has 0 fully saturated rings. The molecular formula is C12H17F2NO. The maximum absolute atomic E-state index is 12.0. The SMILES string of the molecule is CCC(OCC(F)F)C(N)c1ccccc1. The Hall–Kier alpha value is -1.00. The van der Waals surface area contributed by atoms with E-state index in [2.05, 4.69) is 0 Å². The highest BCUT2D eigenvalue weighted by atomic mass is 19.3. The zero-order valence-corrected chi connectivity index (χ0v) is 9.27. The molecule has 1 aromatic rings. The zero-order chi connectivity index (χ0) is 12.0. The first kappa shape index (κ1) is 13.1. The van der Waals surface area contributed by atoms with Gasteiger partial charge < -0.3 is 10.5 Å². The largest absolute Gasteiger partial charge is 0.370 e. The highest BCUT2D eigenvalue weighted by Gasteiger charge is 2.19. The lowest BCUT2D eigenvalue weighted by Crippen LogP contribution is -2.30. The smallest absolute Gasteiger partial charge is 0.261 e. The molecule has 16 heavy (non-hydrogen) atoms. The van der Waals surface area contributed by atoms with Crippen LogP contribution in [0.25, 0.3) is 0 Å². The molecule has 0 heterocycles. The molecule has 0 aromatic heterocycles. The molecule has 0 saturated heterocycles. The van der Waals surface area contributed by atoms with Crippen LogP contribution in [0.2, 0.25) is 0 Å². The Bertz CT molecular complexity index is 292. The molecule has 90 valence electrons. The quantitative estimate of drug-likeness (QED) is 0.814. The summed E-state index contributed by atoms with van der Waals surface area (Å²) in [6.45, 7) is 1.32. The van der Waals surface area contributed by atoms with E-state index >= 15 is 0 Å². The molecule has 0 spiro atoms. The van der Waals surface area contributed by atoms with Gasteiger partial charge >= 0.3 is 0 Å². The van der Waals surface area contributed by atoms with Gasteiger partial charge in [-0.05, 0) is 12.0 Å². The molecule has 0 amide bonds. The van der Waals surface area contributed by atoms with Gasteiger partial charge in [-0.1, -0.05) is 37.3 Å². The molecule has 2 atom stereocenters. The molecule has 0 aliphatic heterocycles. The Morgan fingerprint density at radius 1 is 1.25 bits per heavy atom. The Labute approximate surface area is 94.4 Å². The number of alkyl halides is 2. The van der Waals surface area contributed by atoms with Gasteiger partial charge in [0.2, 0.25) is 0 Å². The summed E-state index contributed by atoms with van der Waals surface area (Å²) in [4.78, 5) is 0. The summed E-state index contributed by atoms with van der Waals surface area (Å²) in [6.07, 6.45) is -2.20. The first-order valence-corrected chi connectivity index (χ1v) is 5.35. The van der Waals surface area contributed by atoms with E-state index in [-0.39, 0.29) is 12.1 Å². The first-order valence-electron chi connectivity index (χ1n) is 5.35. The van der Waals surface area contributed by atoms with E-state index in [1.165, 1.54) is 0 Å². The Morgan fingerprint density at radius 3 is 2.38 bits per heavy atom. The van der Waals surface area contributed by atoms with Crippen molar-refractivity contribution in [2.75, 3.05) is 6.61 Å². The Kier molecular flexibility index (Phi) is 5.35. The van der Waals surface area contributed by atoms with Gasteiger partial charge in [0, 0.05) is 0 Å². The summed E-state index contributed by atoms with van der Waals surface area (Å²) in [5.74, 6) is 0. The summed E-state index contributed by atoms with van der Waals surface area (Å²) in [7, 11) is 0. The van der Waals surface area contributed by atoms with Gasteiger partial charge in [0.05, 0.1) is 12.1 Å². The molecule has 4 heteroatoms. The maximum atomic E-state index is 12.0. The highest BCUT2D eigenvalue weighted by molar-refractivity contribution is 5.19. The minimum atomic E-state index is -2.45. The van der Waals surface area contributed by atoms with Gasteiger partial charge in [0.25, 0.3) is 6.43 Å². The van der Waals surface area contributed by atoms with E-state index in [0.717, 1.165) is 5.56 Å². The fraction of sp³-hybridized carbons (Fsp3) is 0.500. The molecule has 2 N–H and O–H groups in total. The normalized spacial score (nSPS) is 15.1. The summed E-state index contributed by atoms with van der Waals surface area (Å²) in [6, 6.07) is 9.02. The number of benzene rings is 1. The monoisotopic (exact) mass is 229 g/mol. The van der Waals surface area contributed by atoms with E-state index in [9.17, 15) is 8.78 Å². The minimum Gasteiger partial charge on any atom is -0.370 e. The van der Waals surface area contributed by atoms with Crippen molar-refractivity contribution in [2.45, 2.75) is 31.9 Å². The van der Waals surface area contributed by atoms with E-state index < -0.39 is 13.0 Å². The summed E-state index contributed by atoms with van der Waals surface area (Å²) >= 11 is 0. The molecule has 0 radical (unpaired) electrons. The van der Waals surface area contributed by atoms with Crippen LogP contribution in [-0.2, 0) is 4.74 Å². The van der Waals surface area contributed by atoms with Crippen LogP contribution in [0.15, 0.2) is 30.3 Å². The van der Waals surface area contributed by atoms with Crippen LogP contribution in [0, 0.1) is 0 Å². The van der Waals surface area contributed by atoms with Gasteiger partial charge in [-0.3, -0.25) is 0 Å². The molecule has 0 bridgehead atoms. The molecule has 2 unspecified atom stereocenters. The number of nitrogens with two attached hydrogens (primary N) is 1. The van der Waals surface area contributed by atoms with Gasteiger partial charge in [0.1, 0.15) is 6.61 Å². The van der Waals surface area contributed by atoms with E-state index in [0.29, 0.717) is 6.42 Å². The van der Waals surface area contributed by atoms with Crippen molar-refractivity contribution in [3.8, 4) is 0 Å². The van der Waals surface area contributed by atoms with Crippen LogP contribution in [-0.4, -0.2) is 19.1 Å². The van der Waals surface area contributed by atoms with Crippen LogP contribution < -0.4 is 5.73 Å². The predicted molar refractivity (Wildman–Crippen MR) is 59.4 cm³/mol. The van der Waals surface area contributed by atoms with Crippen LogP contribution in [0.5, 0.6) is 0 Å². The Balaban J connectivity index is 2.59. The van der Waals surface area contributed by atoms with Gasteiger partial charge in [-0.2, -0.15) is 0 Å². The summed E-state index contributed by atoms with van der Waals surface area (Å²) < 4.78 is 29.2. The third-order valence-corrected chi connectivity index (χ3v) is 2.42. The third kappa shape index (κ3) is 3.87. The standard InChI is InChI=1S/C12H17F2NO/c1-2-10(16-8-11(13)14)12(15)9-6-4-3-5-7-9/h3-7,10-12H,2,8,15H2,1H3. The first-order chi connectivity index (χ1) is 7.65. The van der Waals surface area contributed by atoms with Crippen LogP contribution in [0.3, 0.4) is 0 Å². The number of hydrogen-bond donors (Lipinski definition) is 1. The van der Waals surface area contributed by atoms with Crippen molar-refractivity contribution in [1.29, 1.82) is 0 Å². The lowest BCUT2D eigenvalue weighted by molar-refractivity contribution is -0.0348. The fourth-order valence-electron chi connectivity index (χ4n) is 1.56. The van der Waals surface area contributed by atoms with E-state index in [4.69, 9.17) is 10.5 Å². The van der Waals surface area contributed by atoms with Gasteiger partial charge in [-0.15, -0.1) is 0 Å². The number of rotatable bonds is 6.